The second-order valence-electron chi connectivity index (χ2n) is 4.05. The van der Waals surface area contributed by atoms with Gasteiger partial charge in [-0.25, -0.2) is 0 Å². The highest BCUT2D eigenvalue weighted by Crippen LogP contribution is 2.24. The van der Waals surface area contributed by atoms with E-state index in [1.54, 1.807) is 11.8 Å². The molecule has 0 aliphatic heterocycles. The lowest BCUT2D eigenvalue weighted by Gasteiger charge is -2.03. The van der Waals surface area contributed by atoms with E-state index in [-0.39, 0.29) is 0 Å². The molecule has 2 aromatic carbocycles. The smallest absolute Gasteiger partial charge is 0.139 e. The van der Waals surface area contributed by atoms with Gasteiger partial charge in [-0.3, -0.25) is 0 Å². The average Bonchev–Trinajstić information content (AvgIpc) is 2.43. The van der Waals surface area contributed by atoms with Crippen LogP contribution in [0.3, 0.4) is 0 Å². The van der Waals surface area contributed by atoms with Crippen LogP contribution in [-0.4, -0.2) is 16.8 Å². The quantitative estimate of drug-likeness (QED) is 0.216. The van der Waals surface area contributed by atoms with Crippen LogP contribution >= 0.6 is 11.8 Å². The predicted octanol–water partition coefficient (Wildman–Crippen LogP) is 3.46. The summed E-state index contributed by atoms with van der Waals surface area (Å²) in [5, 5.41) is 13.9. The van der Waals surface area contributed by atoms with Gasteiger partial charge in [0.1, 0.15) is 5.84 Å². The fourth-order valence-electron chi connectivity index (χ4n) is 1.75. The number of benzene rings is 2. The first-order chi connectivity index (χ1) is 8.79. The minimum atomic E-state index is 0.300. The highest BCUT2D eigenvalue weighted by atomic mass is 32.2. The van der Waals surface area contributed by atoms with E-state index in [1.807, 2.05) is 6.07 Å². The molecule has 3 N–H and O–H groups in total. The first-order valence-corrected chi connectivity index (χ1v) is 6.86. The molecular formula is C14H16N2OS. The minimum absolute atomic E-state index is 0.300. The summed E-state index contributed by atoms with van der Waals surface area (Å²) in [5.74, 6) is 1.27. The zero-order valence-electron chi connectivity index (χ0n) is 10.0. The minimum Gasteiger partial charge on any atom is -0.409 e. The summed E-state index contributed by atoms with van der Waals surface area (Å²) >= 11 is 1.80. The first-order valence-electron chi connectivity index (χ1n) is 5.87. The van der Waals surface area contributed by atoms with Gasteiger partial charge >= 0.3 is 0 Å². The standard InChI is InChI=1S/C14H16N2OS/c15-14(16-17)6-3-9-18-13-8-7-11-4-1-2-5-12(11)10-13/h1-2,4-5,7-8,10,17H,3,6,9H2,(H2,15,16). The van der Waals surface area contributed by atoms with Crippen LogP contribution in [0.25, 0.3) is 10.8 Å². The molecule has 0 radical (unpaired) electrons. The van der Waals surface area contributed by atoms with Crippen molar-refractivity contribution in [2.75, 3.05) is 5.75 Å². The number of oxime groups is 1. The van der Waals surface area contributed by atoms with Crippen LogP contribution in [0.5, 0.6) is 0 Å². The van der Waals surface area contributed by atoms with Crippen molar-refractivity contribution in [3.8, 4) is 0 Å². The molecular weight excluding hydrogens is 244 g/mol. The van der Waals surface area contributed by atoms with E-state index in [1.165, 1.54) is 15.7 Å². The number of amidine groups is 1. The Hall–Kier alpha value is -1.68. The van der Waals surface area contributed by atoms with Crippen LogP contribution in [-0.2, 0) is 0 Å². The Kier molecular flexibility index (Phi) is 4.47. The van der Waals surface area contributed by atoms with Crippen LogP contribution in [0.2, 0.25) is 0 Å². The van der Waals surface area contributed by atoms with Gasteiger partial charge in [-0.1, -0.05) is 35.5 Å². The van der Waals surface area contributed by atoms with Crippen molar-refractivity contribution < 1.29 is 5.21 Å². The van der Waals surface area contributed by atoms with E-state index in [0.29, 0.717) is 12.3 Å². The molecule has 0 heterocycles. The van der Waals surface area contributed by atoms with Gasteiger partial charge in [-0.2, -0.15) is 0 Å². The molecule has 2 aromatic rings. The molecule has 0 aliphatic rings. The molecule has 0 aromatic heterocycles. The molecule has 0 saturated heterocycles. The van der Waals surface area contributed by atoms with Gasteiger partial charge in [0, 0.05) is 11.3 Å². The maximum Gasteiger partial charge on any atom is 0.139 e. The third kappa shape index (κ3) is 3.40. The Morgan fingerprint density at radius 3 is 2.72 bits per heavy atom. The van der Waals surface area contributed by atoms with Crippen molar-refractivity contribution in [3.63, 3.8) is 0 Å². The maximum absolute atomic E-state index is 8.43. The number of hydrogen-bond acceptors (Lipinski definition) is 3. The van der Waals surface area contributed by atoms with Crippen molar-refractivity contribution in [1.29, 1.82) is 0 Å². The second-order valence-corrected chi connectivity index (χ2v) is 5.22. The van der Waals surface area contributed by atoms with Gasteiger partial charge in [0.15, 0.2) is 0 Å². The number of nitrogens with two attached hydrogens (primary N) is 1. The third-order valence-corrected chi connectivity index (χ3v) is 3.78. The van der Waals surface area contributed by atoms with E-state index >= 15 is 0 Å². The average molecular weight is 260 g/mol. The molecule has 0 unspecified atom stereocenters. The van der Waals surface area contributed by atoms with Gasteiger partial charge in [0.05, 0.1) is 0 Å². The number of thioether (sulfide) groups is 1. The van der Waals surface area contributed by atoms with Gasteiger partial charge in [-0.05, 0) is 35.1 Å². The van der Waals surface area contributed by atoms with E-state index in [4.69, 9.17) is 10.9 Å². The number of nitrogens with zero attached hydrogens (tertiary/aromatic N) is 1. The third-order valence-electron chi connectivity index (χ3n) is 2.70. The van der Waals surface area contributed by atoms with E-state index in [9.17, 15) is 0 Å². The largest absolute Gasteiger partial charge is 0.409 e. The number of hydrogen-bond donors (Lipinski definition) is 2. The second kappa shape index (κ2) is 6.31. The molecule has 0 bridgehead atoms. The van der Waals surface area contributed by atoms with Crippen LogP contribution in [0.4, 0.5) is 0 Å². The zero-order chi connectivity index (χ0) is 12.8. The summed E-state index contributed by atoms with van der Waals surface area (Å²) in [5.41, 5.74) is 5.42. The van der Waals surface area contributed by atoms with Gasteiger partial charge < -0.3 is 10.9 Å². The molecule has 4 heteroatoms. The molecule has 0 spiro atoms. The van der Waals surface area contributed by atoms with Crippen LogP contribution in [0.1, 0.15) is 12.8 Å². The number of fused-ring (bicyclic) bond motifs is 1. The molecule has 2 rings (SSSR count). The van der Waals surface area contributed by atoms with Crippen LogP contribution in [0, 0.1) is 0 Å². The lowest BCUT2D eigenvalue weighted by Crippen LogP contribution is -2.11. The molecule has 0 saturated carbocycles. The normalized spacial score (nSPS) is 11.9. The van der Waals surface area contributed by atoms with Crippen molar-refractivity contribution in [3.05, 3.63) is 42.5 Å². The first kappa shape index (κ1) is 12.8. The van der Waals surface area contributed by atoms with Gasteiger partial charge in [0.25, 0.3) is 0 Å². The lowest BCUT2D eigenvalue weighted by molar-refractivity contribution is 0.317. The topological polar surface area (TPSA) is 58.6 Å². The highest BCUT2D eigenvalue weighted by molar-refractivity contribution is 7.99. The summed E-state index contributed by atoms with van der Waals surface area (Å²) < 4.78 is 0. The van der Waals surface area contributed by atoms with Crippen LogP contribution < -0.4 is 5.73 Å². The fourth-order valence-corrected chi connectivity index (χ4v) is 2.65. The van der Waals surface area contributed by atoms with E-state index < -0.39 is 0 Å². The number of rotatable bonds is 5. The Morgan fingerprint density at radius 1 is 1.17 bits per heavy atom. The van der Waals surface area contributed by atoms with Crippen molar-refractivity contribution in [2.45, 2.75) is 17.7 Å². The molecule has 3 nitrogen and oxygen atoms in total. The highest BCUT2D eigenvalue weighted by Gasteiger charge is 1.98. The van der Waals surface area contributed by atoms with Gasteiger partial charge in [-0.15, -0.1) is 11.8 Å². The Balaban J connectivity index is 1.92. The summed E-state index contributed by atoms with van der Waals surface area (Å²) in [4.78, 5) is 1.26. The van der Waals surface area contributed by atoms with E-state index in [0.717, 1.165) is 12.2 Å². The summed E-state index contributed by atoms with van der Waals surface area (Å²) in [6.45, 7) is 0. The molecule has 0 fully saturated rings. The van der Waals surface area contributed by atoms with Gasteiger partial charge in [0.2, 0.25) is 0 Å². The summed E-state index contributed by atoms with van der Waals surface area (Å²) in [7, 11) is 0. The Bertz CT molecular complexity index is 554. The SMILES string of the molecule is N/C(CCCSc1ccc2ccccc2c1)=N\O. The molecule has 94 valence electrons. The zero-order valence-corrected chi connectivity index (χ0v) is 10.9. The van der Waals surface area contributed by atoms with Crippen LogP contribution in [0.15, 0.2) is 52.5 Å². The molecule has 18 heavy (non-hydrogen) atoms. The predicted molar refractivity (Wildman–Crippen MR) is 77.3 cm³/mol. The van der Waals surface area contributed by atoms with E-state index in [2.05, 4.69) is 41.6 Å². The molecule has 0 atom stereocenters. The molecule has 0 aliphatic carbocycles. The van der Waals surface area contributed by atoms with Crippen molar-refractivity contribution in [2.24, 2.45) is 10.9 Å². The van der Waals surface area contributed by atoms with Crippen molar-refractivity contribution >= 4 is 28.4 Å². The maximum atomic E-state index is 8.43. The lowest BCUT2D eigenvalue weighted by atomic mass is 10.1. The summed E-state index contributed by atoms with van der Waals surface area (Å²) in [6, 6.07) is 14.8. The fraction of sp³-hybridized carbons (Fsp3) is 0.214. The monoisotopic (exact) mass is 260 g/mol. The molecule has 0 amide bonds. The Morgan fingerprint density at radius 2 is 1.94 bits per heavy atom. The van der Waals surface area contributed by atoms with Crippen molar-refractivity contribution in [1.82, 2.24) is 0 Å². The Labute approximate surface area is 111 Å². The summed E-state index contributed by atoms with van der Waals surface area (Å²) in [6.07, 6.45) is 1.55.